The highest BCUT2D eigenvalue weighted by Crippen LogP contribution is 2.35. The molecule has 0 spiro atoms. The molecule has 23 heavy (non-hydrogen) atoms. The molecule has 0 saturated heterocycles. The second-order valence-corrected chi connectivity index (χ2v) is 4.57. The minimum absolute atomic E-state index is 0.0199. The summed E-state index contributed by atoms with van der Waals surface area (Å²) in [6.07, 6.45) is 1.41. The first-order valence-electron chi connectivity index (χ1n) is 6.48. The number of pyridine rings is 1. The van der Waals surface area contributed by atoms with Crippen LogP contribution in [0, 0.1) is 0 Å². The van der Waals surface area contributed by atoms with Crippen molar-refractivity contribution in [3.05, 3.63) is 47.3 Å². The van der Waals surface area contributed by atoms with Gasteiger partial charge in [-0.25, -0.2) is 4.79 Å². The van der Waals surface area contributed by atoms with E-state index in [4.69, 9.17) is 0 Å². The zero-order chi connectivity index (χ0) is 17.0. The van der Waals surface area contributed by atoms with Gasteiger partial charge in [0.1, 0.15) is 0 Å². The lowest BCUT2D eigenvalue weighted by molar-refractivity contribution is 0.0600. The third-order valence-electron chi connectivity index (χ3n) is 3.00. The number of methoxy groups -OCH3 is 1. The number of aromatic hydroxyl groups is 3. The average molecular weight is 318 g/mol. The molecule has 0 aliphatic rings. The summed E-state index contributed by atoms with van der Waals surface area (Å²) >= 11 is 0. The number of phenolic OH excluding ortho intramolecular Hbond substituents is 3. The molecule has 8 nitrogen and oxygen atoms in total. The molecule has 0 aliphatic heterocycles. The van der Waals surface area contributed by atoms with E-state index < -0.39 is 29.1 Å². The van der Waals surface area contributed by atoms with Gasteiger partial charge in [-0.3, -0.25) is 9.78 Å². The zero-order valence-corrected chi connectivity index (χ0v) is 12.1. The van der Waals surface area contributed by atoms with Gasteiger partial charge in [-0.05, 0) is 24.3 Å². The fourth-order valence-corrected chi connectivity index (χ4v) is 1.83. The van der Waals surface area contributed by atoms with E-state index >= 15 is 0 Å². The molecule has 120 valence electrons. The van der Waals surface area contributed by atoms with Crippen LogP contribution in [0.2, 0.25) is 0 Å². The van der Waals surface area contributed by atoms with Gasteiger partial charge in [-0.2, -0.15) is 0 Å². The van der Waals surface area contributed by atoms with Crippen molar-refractivity contribution >= 4 is 11.9 Å². The minimum atomic E-state index is -0.700. The maximum atomic E-state index is 12.0. The standard InChI is InChI=1S/C15H14N2O6/c1-23-15(22)8-2-3-16-10(4-8)7-17-14(21)9-5-11(18)13(20)12(19)6-9/h2-6,18-20H,7H2,1H3,(H,17,21). The molecule has 1 amide bonds. The van der Waals surface area contributed by atoms with E-state index in [0.717, 1.165) is 12.1 Å². The van der Waals surface area contributed by atoms with Crippen molar-refractivity contribution in [2.45, 2.75) is 6.54 Å². The highest BCUT2D eigenvalue weighted by Gasteiger charge is 2.14. The van der Waals surface area contributed by atoms with Crippen molar-refractivity contribution in [1.29, 1.82) is 0 Å². The van der Waals surface area contributed by atoms with Crippen molar-refractivity contribution in [3.8, 4) is 17.2 Å². The van der Waals surface area contributed by atoms with Crippen molar-refractivity contribution < 1.29 is 29.6 Å². The number of hydrogen-bond acceptors (Lipinski definition) is 7. The molecule has 0 saturated carbocycles. The molecule has 2 rings (SSSR count). The molecule has 0 aliphatic carbocycles. The number of phenols is 3. The van der Waals surface area contributed by atoms with Crippen LogP contribution in [0.4, 0.5) is 0 Å². The molecule has 1 aromatic carbocycles. The first-order chi connectivity index (χ1) is 10.9. The van der Waals surface area contributed by atoms with Crippen LogP contribution < -0.4 is 5.32 Å². The first-order valence-corrected chi connectivity index (χ1v) is 6.48. The van der Waals surface area contributed by atoms with Gasteiger partial charge in [0, 0.05) is 11.8 Å². The van der Waals surface area contributed by atoms with Crippen LogP contribution in [-0.2, 0) is 11.3 Å². The van der Waals surface area contributed by atoms with Crippen molar-refractivity contribution in [2.75, 3.05) is 7.11 Å². The van der Waals surface area contributed by atoms with Gasteiger partial charge in [-0.1, -0.05) is 0 Å². The fraction of sp³-hybridized carbons (Fsp3) is 0.133. The Balaban J connectivity index is 2.09. The number of esters is 1. The zero-order valence-electron chi connectivity index (χ0n) is 12.1. The number of hydrogen-bond donors (Lipinski definition) is 4. The Kier molecular flexibility index (Phi) is 4.65. The predicted octanol–water partition coefficient (Wildman–Crippen LogP) is 0.915. The summed E-state index contributed by atoms with van der Waals surface area (Å²) in [5.41, 5.74) is 0.682. The van der Waals surface area contributed by atoms with E-state index in [2.05, 4.69) is 15.0 Å². The maximum absolute atomic E-state index is 12.0. The number of carbonyl (C=O) groups excluding carboxylic acids is 2. The topological polar surface area (TPSA) is 129 Å². The molecule has 0 unspecified atom stereocenters. The number of nitrogens with zero attached hydrogens (tertiary/aromatic N) is 1. The lowest BCUT2D eigenvalue weighted by Crippen LogP contribution is -2.23. The van der Waals surface area contributed by atoms with E-state index in [9.17, 15) is 24.9 Å². The van der Waals surface area contributed by atoms with Crippen LogP contribution in [0.15, 0.2) is 30.5 Å². The van der Waals surface area contributed by atoms with Crippen LogP contribution in [0.1, 0.15) is 26.4 Å². The third-order valence-corrected chi connectivity index (χ3v) is 3.00. The molecule has 4 N–H and O–H groups in total. The first kappa shape index (κ1) is 16.1. The normalized spacial score (nSPS) is 10.1. The summed E-state index contributed by atoms with van der Waals surface area (Å²) in [5, 5.41) is 30.5. The smallest absolute Gasteiger partial charge is 0.337 e. The number of benzene rings is 1. The number of carbonyl (C=O) groups is 2. The van der Waals surface area contributed by atoms with Gasteiger partial charge >= 0.3 is 5.97 Å². The van der Waals surface area contributed by atoms with E-state index in [1.807, 2.05) is 0 Å². The monoisotopic (exact) mass is 318 g/mol. The van der Waals surface area contributed by atoms with E-state index in [0.29, 0.717) is 11.3 Å². The van der Waals surface area contributed by atoms with Crippen LogP contribution in [0.3, 0.4) is 0 Å². The Hall–Kier alpha value is -3.29. The molecule has 0 radical (unpaired) electrons. The Morgan fingerprint density at radius 2 is 1.78 bits per heavy atom. The molecule has 1 heterocycles. The highest BCUT2D eigenvalue weighted by molar-refractivity contribution is 5.95. The summed E-state index contributed by atoms with van der Waals surface area (Å²) in [6, 6.07) is 4.98. The van der Waals surface area contributed by atoms with Crippen molar-refractivity contribution in [1.82, 2.24) is 10.3 Å². The largest absolute Gasteiger partial charge is 0.504 e. The number of nitrogens with one attached hydrogen (secondary N) is 1. The Morgan fingerprint density at radius 1 is 1.13 bits per heavy atom. The molecule has 0 fully saturated rings. The van der Waals surface area contributed by atoms with Crippen LogP contribution in [0.5, 0.6) is 17.2 Å². The van der Waals surface area contributed by atoms with Crippen molar-refractivity contribution in [2.24, 2.45) is 0 Å². The second kappa shape index (κ2) is 6.65. The average Bonchev–Trinajstić information content (AvgIpc) is 2.56. The molecule has 0 bridgehead atoms. The van der Waals surface area contributed by atoms with Crippen molar-refractivity contribution in [3.63, 3.8) is 0 Å². The second-order valence-electron chi connectivity index (χ2n) is 4.57. The fourth-order valence-electron chi connectivity index (χ4n) is 1.83. The van der Waals surface area contributed by atoms with Gasteiger partial charge < -0.3 is 25.4 Å². The lowest BCUT2D eigenvalue weighted by Gasteiger charge is -2.08. The summed E-state index contributed by atoms with van der Waals surface area (Å²) < 4.78 is 4.59. The van der Waals surface area contributed by atoms with Gasteiger partial charge in [0.2, 0.25) is 0 Å². The van der Waals surface area contributed by atoms with Crippen LogP contribution in [-0.4, -0.2) is 39.3 Å². The van der Waals surface area contributed by atoms with E-state index in [1.54, 1.807) is 0 Å². The van der Waals surface area contributed by atoms with Gasteiger partial charge in [0.25, 0.3) is 5.91 Å². The van der Waals surface area contributed by atoms with Crippen LogP contribution in [0.25, 0.3) is 0 Å². The molecule has 0 atom stereocenters. The van der Waals surface area contributed by atoms with Gasteiger partial charge in [-0.15, -0.1) is 0 Å². The Labute approximate surface area is 131 Å². The Morgan fingerprint density at radius 3 is 2.39 bits per heavy atom. The quantitative estimate of drug-likeness (QED) is 0.487. The predicted molar refractivity (Wildman–Crippen MR) is 78.2 cm³/mol. The van der Waals surface area contributed by atoms with E-state index in [-0.39, 0.29) is 12.1 Å². The van der Waals surface area contributed by atoms with E-state index in [1.165, 1.54) is 25.4 Å². The number of aromatic nitrogens is 1. The third kappa shape index (κ3) is 3.67. The number of ether oxygens (including phenoxy) is 1. The summed E-state index contributed by atoms with van der Waals surface area (Å²) in [4.78, 5) is 27.4. The van der Waals surface area contributed by atoms with Crippen LogP contribution >= 0.6 is 0 Å². The maximum Gasteiger partial charge on any atom is 0.337 e. The molecule has 2 aromatic rings. The molecular weight excluding hydrogens is 304 g/mol. The van der Waals surface area contributed by atoms with Gasteiger partial charge in [0.15, 0.2) is 17.2 Å². The minimum Gasteiger partial charge on any atom is -0.504 e. The number of amides is 1. The molecule has 8 heteroatoms. The SMILES string of the molecule is COC(=O)c1ccnc(CNC(=O)c2cc(O)c(O)c(O)c2)c1. The Bertz CT molecular complexity index is 736. The summed E-state index contributed by atoms with van der Waals surface area (Å²) in [7, 11) is 1.26. The lowest BCUT2D eigenvalue weighted by atomic mass is 10.1. The molecule has 1 aromatic heterocycles. The van der Waals surface area contributed by atoms with Gasteiger partial charge in [0.05, 0.1) is 24.9 Å². The highest BCUT2D eigenvalue weighted by atomic mass is 16.5. The molecular formula is C15H14N2O6. The number of rotatable bonds is 4. The summed E-state index contributed by atoms with van der Waals surface area (Å²) in [5.74, 6) is -3.04. The summed E-state index contributed by atoms with van der Waals surface area (Å²) in [6.45, 7) is 0.0199.